The van der Waals surface area contributed by atoms with Crippen molar-refractivity contribution in [2.45, 2.75) is 32.2 Å². The predicted molar refractivity (Wildman–Crippen MR) is 55.5 cm³/mol. The molecule has 1 atom stereocenters. The molecule has 0 aliphatic carbocycles. The molecule has 0 N–H and O–H groups in total. The summed E-state index contributed by atoms with van der Waals surface area (Å²) in [4.78, 5) is 14.2. The summed E-state index contributed by atoms with van der Waals surface area (Å²) < 4.78 is 0. The molecule has 1 unspecified atom stereocenters. The third kappa shape index (κ3) is 1.95. The normalized spacial score (nSPS) is 22.4. The molecule has 0 amide bonds. The lowest BCUT2D eigenvalue weighted by Crippen LogP contribution is -2.38. The molecule has 2 heterocycles. The summed E-state index contributed by atoms with van der Waals surface area (Å²) in [6.45, 7) is 3.21. The zero-order chi connectivity index (χ0) is 9.97. The summed E-state index contributed by atoms with van der Waals surface area (Å²) in [5.74, 6) is 0.706. The van der Waals surface area contributed by atoms with Crippen LogP contribution in [0.2, 0.25) is 5.28 Å². The van der Waals surface area contributed by atoms with Crippen LogP contribution in [0, 0.1) is 0 Å². The lowest BCUT2D eigenvalue weighted by atomic mass is 10.0. The topological polar surface area (TPSA) is 41.9 Å². The Labute approximate surface area is 88.3 Å². The minimum absolute atomic E-state index is 0.271. The average Bonchev–Trinajstić information content (AvgIpc) is 2.18. The molecule has 1 aliphatic rings. The molecule has 1 aliphatic heterocycles. The van der Waals surface area contributed by atoms with Gasteiger partial charge in [0.2, 0.25) is 11.2 Å². The van der Waals surface area contributed by atoms with Crippen molar-refractivity contribution < 1.29 is 0 Å². The number of anilines is 1. The van der Waals surface area contributed by atoms with Gasteiger partial charge in [-0.15, -0.1) is 0 Å². The lowest BCUT2D eigenvalue weighted by molar-refractivity contribution is 0.476. The maximum atomic E-state index is 5.72. The van der Waals surface area contributed by atoms with Gasteiger partial charge in [-0.05, 0) is 37.8 Å². The standard InChI is InChI=1S/C9H13ClN4/c1-7-4-2-3-5-14(7)9-12-6-11-8(10)13-9/h6-7H,2-5H2,1H3. The highest BCUT2D eigenvalue weighted by Crippen LogP contribution is 2.21. The number of halogens is 1. The van der Waals surface area contributed by atoms with E-state index in [0.29, 0.717) is 12.0 Å². The fourth-order valence-electron chi connectivity index (χ4n) is 1.80. The second-order valence-corrected chi connectivity index (χ2v) is 3.93. The van der Waals surface area contributed by atoms with Crippen LogP contribution in [0.1, 0.15) is 26.2 Å². The molecule has 0 aromatic carbocycles. The molecule has 1 aromatic rings. The van der Waals surface area contributed by atoms with Gasteiger partial charge in [-0.3, -0.25) is 0 Å². The van der Waals surface area contributed by atoms with Crippen molar-refractivity contribution in [3.8, 4) is 0 Å². The summed E-state index contributed by atoms with van der Waals surface area (Å²) in [5.41, 5.74) is 0. The number of rotatable bonds is 1. The highest BCUT2D eigenvalue weighted by molar-refractivity contribution is 6.28. The first-order valence-electron chi connectivity index (χ1n) is 4.88. The Morgan fingerprint density at radius 2 is 2.29 bits per heavy atom. The molecule has 0 saturated carbocycles. The first kappa shape index (κ1) is 9.65. The quantitative estimate of drug-likeness (QED) is 0.713. The molecule has 76 valence electrons. The van der Waals surface area contributed by atoms with Crippen molar-refractivity contribution in [2.75, 3.05) is 11.4 Å². The van der Waals surface area contributed by atoms with Crippen molar-refractivity contribution in [1.29, 1.82) is 0 Å². The van der Waals surface area contributed by atoms with E-state index in [9.17, 15) is 0 Å². The van der Waals surface area contributed by atoms with Gasteiger partial charge >= 0.3 is 0 Å². The van der Waals surface area contributed by atoms with Gasteiger partial charge in [-0.25, -0.2) is 9.97 Å². The van der Waals surface area contributed by atoms with Crippen LogP contribution in [-0.2, 0) is 0 Å². The van der Waals surface area contributed by atoms with Gasteiger partial charge in [0.05, 0.1) is 0 Å². The summed E-state index contributed by atoms with van der Waals surface area (Å²) in [7, 11) is 0. The third-order valence-corrected chi connectivity index (χ3v) is 2.77. The number of piperidine rings is 1. The lowest BCUT2D eigenvalue weighted by Gasteiger charge is -2.33. The van der Waals surface area contributed by atoms with E-state index in [1.807, 2.05) is 0 Å². The van der Waals surface area contributed by atoms with Crippen LogP contribution in [0.5, 0.6) is 0 Å². The van der Waals surface area contributed by atoms with Crippen LogP contribution in [0.4, 0.5) is 5.95 Å². The molecule has 0 bridgehead atoms. The fourth-order valence-corrected chi connectivity index (χ4v) is 1.92. The van der Waals surface area contributed by atoms with E-state index in [-0.39, 0.29) is 5.28 Å². The minimum atomic E-state index is 0.271. The first-order chi connectivity index (χ1) is 6.77. The number of hydrogen-bond donors (Lipinski definition) is 0. The molecule has 4 nitrogen and oxygen atoms in total. The minimum Gasteiger partial charge on any atom is -0.338 e. The molecular formula is C9H13ClN4. The maximum Gasteiger partial charge on any atom is 0.229 e. The van der Waals surface area contributed by atoms with Crippen molar-refractivity contribution in [2.24, 2.45) is 0 Å². The molecule has 0 spiro atoms. The summed E-state index contributed by atoms with van der Waals surface area (Å²) in [6.07, 6.45) is 5.15. The van der Waals surface area contributed by atoms with Gasteiger partial charge in [-0.2, -0.15) is 4.98 Å². The number of nitrogens with zero attached hydrogens (tertiary/aromatic N) is 4. The van der Waals surface area contributed by atoms with Crippen LogP contribution in [0.15, 0.2) is 6.33 Å². The second-order valence-electron chi connectivity index (χ2n) is 3.59. The predicted octanol–water partition coefficient (Wildman–Crippen LogP) is 1.90. The fraction of sp³-hybridized carbons (Fsp3) is 0.667. The van der Waals surface area contributed by atoms with Crippen molar-refractivity contribution in [3.05, 3.63) is 11.6 Å². The third-order valence-electron chi connectivity index (χ3n) is 2.59. The molecule has 5 heteroatoms. The smallest absolute Gasteiger partial charge is 0.229 e. The van der Waals surface area contributed by atoms with Crippen LogP contribution >= 0.6 is 11.6 Å². The Hall–Kier alpha value is -0.900. The maximum absolute atomic E-state index is 5.72. The van der Waals surface area contributed by atoms with E-state index in [4.69, 9.17) is 11.6 Å². The molecule has 1 fully saturated rings. The molecule has 1 aromatic heterocycles. The Morgan fingerprint density at radius 3 is 3.00 bits per heavy atom. The van der Waals surface area contributed by atoms with Crippen LogP contribution < -0.4 is 4.90 Å². The Morgan fingerprint density at radius 1 is 1.43 bits per heavy atom. The van der Waals surface area contributed by atoms with Gasteiger partial charge in [0.15, 0.2) is 0 Å². The molecule has 14 heavy (non-hydrogen) atoms. The van der Waals surface area contributed by atoms with E-state index >= 15 is 0 Å². The van der Waals surface area contributed by atoms with Crippen molar-refractivity contribution in [3.63, 3.8) is 0 Å². The van der Waals surface area contributed by atoms with Gasteiger partial charge < -0.3 is 4.90 Å². The highest BCUT2D eigenvalue weighted by atomic mass is 35.5. The Kier molecular flexibility index (Phi) is 2.82. The van der Waals surface area contributed by atoms with Gasteiger partial charge in [-0.1, -0.05) is 0 Å². The van der Waals surface area contributed by atoms with Crippen molar-refractivity contribution in [1.82, 2.24) is 15.0 Å². The van der Waals surface area contributed by atoms with Crippen molar-refractivity contribution >= 4 is 17.5 Å². The summed E-state index contributed by atoms with van der Waals surface area (Å²) in [5, 5.41) is 0.271. The monoisotopic (exact) mass is 212 g/mol. The Bertz CT molecular complexity index is 317. The van der Waals surface area contributed by atoms with Crippen LogP contribution in [0.3, 0.4) is 0 Å². The first-order valence-corrected chi connectivity index (χ1v) is 5.26. The summed E-state index contributed by atoms with van der Waals surface area (Å²) >= 11 is 5.72. The molecule has 1 saturated heterocycles. The van der Waals surface area contributed by atoms with Crippen LogP contribution in [-0.4, -0.2) is 27.5 Å². The molecule has 2 rings (SSSR count). The molecular weight excluding hydrogens is 200 g/mol. The SMILES string of the molecule is CC1CCCCN1c1ncnc(Cl)n1. The molecule has 0 radical (unpaired) electrons. The van der Waals surface area contributed by atoms with Gasteiger partial charge in [0, 0.05) is 12.6 Å². The largest absolute Gasteiger partial charge is 0.338 e. The zero-order valence-electron chi connectivity index (χ0n) is 8.15. The van der Waals surface area contributed by atoms with E-state index < -0.39 is 0 Å². The Balaban J connectivity index is 2.20. The van der Waals surface area contributed by atoms with Gasteiger partial charge in [0.25, 0.3) is 0 Å². The van der Waals surface area contributed by atoms with E-state index in [1.165, 1.54) is 25.6 Å². The van der Waals surface area contributed by atoms with E-state index in [1.54, 1.807) is 0 Å². The summed E-state index contributed by atoms with van der Waals surface area (Å²) in [6, 6.07) is 0.502. The van der Waals surface area contributed by atoms with Gasteiger partial charge in [0.1, 0.15) is 6.33 Å². The number of aromatic nitrogens is 3. The zero-order valence-corrected chi connectivity index (χ0v) is 8.91. The van der Waals surface area contributed by atoms with Crippen LogP contribution in [0.25, 0.3) is 0 Å². The van der Waals surface area contributed by atoms with E-state index in [0.717, 1.165) is 6.54 Å². The van der Waals surface area contributed by atoms with E-state index in [2.05, 4.69) is 26.8 Å². The second kappa shape index (κ2) is 4.09. The highest BCUT2D eigenvalue weighted by Gasteiger charge is 2.20. The average molecular weight is 213 g/mol. The number of hydrogen-bond acceptors (Lipinski definition) is 4.